The molecule has 0 bridgehead atoms. The van der Waals surface area contributed by atoms with Gasteiger partial charge in [0.2, 0.25) is 0 Å². The summed E-state index contributed by atoms with van der Waals surface area (Å²) in [6, 6.07) is 11.8. The number of likely N-dealkylation sites (N-methyl/N-ethyl adjacent to an activating group) is 1. The van der Waals surface area contributed by atoms with E-state index in [9.17, 15) is 4.79 Å². The molecule has 136 valence electrons. The Morgan fingerprint density at radius 3 is 2.16 bits per heavy atom. The van der Waals surface area contributed by atoms with Crippen LogP contribution >= 0.6 is 0 Å². The highest BCUT2D eigenvalue weighted by Gasteiger charge is 2.31. The largest absolute Gasteiger partial charge is 0.497 e. The molecule has 0 spiro atoms. The van der Waals surface area contributed by atoms with E-state index in [1.165, 1.54) is 0 Å². The highest BCUT2D eigenvalue weighted by molar-refractivity contribution is 5.86. The highest BCUT2D eigenvalue weighted by atomic mass is 16.5. The van der Waals surface area contributed by atoms with Gasteiger partial charge in [-0.2, -0.15) is 0 Å². The molecular weight excluding hydrogens is 314 g/mol. The van der Waals surface area contributed by atoms with E-state index >= 15 is 0 Å². The number of hydrogen-bond acceptors (Lipinski definition) is 3. The van der Waals surface area contributed by atoms with Gasteiger partial charge in [-0.05, 0) is 69.2 Å². The average Bonchev–Trinajstić information content (AvgIpc) is 2.58. The molecule has 0 saturated heterocycles. The zero-order valence-corrected chi connectivity index (χ0v) is 16.1. The number of hydrogen-bond donors (Lipinski definition) is 0. The number of rotatable bonds is 6. The zero-order valence-electron chi connectivity index (χ0n) is 16.1. The van der Waals surface area contributed by atoms with Crippen LogP contribution in [0.5, 0.6) is 11.5 Å². The standard InChI is InChI=1S/C21H29NO3/c1-7-19(20(23)22(8-2)21(3,4)5)25-18-12-10-15-9-11-17(24-6)13-16(15)14-18/h9-14,19H,7-8H2,1-6H3. The molecule has 2 rings (SSSR count). The van der Waals surface area contributed by atoms with Crippen molar-refractivity contribution in [3.8, 4) is 11.5 Å². The van der Waals surface area contributed by atoms with E-state index in [4.69, 9.17) is 9.47 Å². The van der Waals surface area contributed by atoms with E-state index < -0.39 is 6.10 Å². The molecule has 1 atom stereocenters. The number of methoxy groups -OCH3 is 1. The summed E-state index contributed by atoms with van der Waals surface area (Å²) in [6.07, 6.45) is 0.143. The van der Waals surface area contributed by atoms with Crippen molar-refractivity contribution >= 4 is 16.7 Å². The molecule has 1 unspecified atom stereocenters. The Labute approximate surface area is 150 Å². The molecule has 25 heavy (non-hydrogen) atoms. The smallest absolute Gasteiger partial charge is 0.264 e. The SMILES string of the molecule is CCC(Oc1ccc2ccc(OC)cc2c1)C(=O)N(CC)C(C)(C)C. The topological polar surface area (TPSA) is 38.8 Å². The minimum absolute atomic E-state index is 0.0308. The highest BCUT2D eigenvalue weighted by Crippen LogP contribution is 2.26. The van der Waals surface area contributed by atoms with Crippen molar-refractivity contribution in [3.05, 3.63) is 36.4 Å². The fraction of sp³-hybridized carbons (Fsp3) is 0.476. The summed E-state index contributed by atoms with van der Waals surface area (Å²) in [7, 11) is 1.65. The van der Waals surface area contributed by atoms with Gasteiger partial charge in [-0.25, -0.2) is 0 Å². The predicted molar refractivity (Wildman–Crippen MR) is 102 cm³/mol. The summed E-state index contributed by atoms with van der Waals surface area (Å²) in [5.41, 5.74) is -0.223. The molecule has 0 heterocycles. The lowest BCUT2D eigenvalue weighted by atomic mass is 10.0. The number of ether oxygens (including phenoxy) is 2. The zero-order chi connectivity index (χ0) is 18.6. The van der Waals surface area contributed by atoms with E-state index in [-0.39, 0.29) is 11.4 Å². The molecule has 2 aromatic rings. The van der Waals surface area contributed by atoms with Crippen molar-refractivity contribution in [2.24, 2.45) is 0 Å². The molecule has 0 aromatic heterocycles. The lowest BCUT2D eigenvalue weighted by molar-refractivity contribution is -0.143. The first-order chi connectivity index (χ1) is 11.8. The van der Waals surface area contributed by atoms with Crippen LogP contribution in [0.15, 0.2) is 36.4 Å². The molecule has 0 radical (unpaired) electrons. The van der Waals surface area contributed by atoms with Crippen LogP contribution in [0.25, 0.3) is 10.8 Å². The normalized spacial score (nSPS) is 12.7. The third kappa shape index (κ3) is 4.44. The Hall–Kier alpha value is -2.23. The maximum Gasteiger partial charge on any atom is 0.264 e. The lowest BCUT2D eigenvalue weighted by Gasteiger charge is -2.37. The van der Waals surface area contributed by atoms with Gasteiger partial charge in [-0.1, -0.05) is 19.1 Å². The second-order valence-corrected chi connectivity index (χ2v) is 7.14. The number of carbonyl (C=O) groups excluding carboxylic acids is 1. The van der Waals surface area contributed by atoms with Gasteiger partial charge in [0.1, 0.15) is 11.5 Å². The Kier molecular flexibility index (Phi) is 5.93. The monoisotopic (exact) mass is 343 g/mol. The van der Waals surface area contributed by atoms with E-state index in [1.54, 1.807) is 7.11 Å². The van der Waals surface area contributed by atoms with Crippen molar-refractivity contribution in [2.45, 2.75) is 52.7 Å². The average molecular weight is 343 g/mol. The van der Waals surface area contributed by atoms with Gasteiger partial charge in [0.05, 0.1) is 7.11 Å². The molecule has 4 heteroatoms. The minimum Gasteiger partial charge on any atom is -0.497 e. The Balaban J connectivity index is 2.26. The maximum absolute atomic E-state index is 12.9. The molecule has 0 N–H and O–H groups in total. The summed E-state index contributed by atoms with van der Waals surface area (Å²) in [4.78, 5) is 14.8. The summed E-state index contributed by atoms with van der Waals surface area (Å²) >= 11 is 0. The quantitative estimate of drug-likeness (QED) is 0.766. The fourth-order valence-electron chi connectivity index (χ4n) is 3.01. The molecule has 1 amide bonds. The Bertz CT molecular complexity index is 733. The Morgan fingerprint density at radius 1 is 1.04 bits per heavy atom. The number of benzene rings is 2. The second kappa shape index (κ2) is 7.77. The van der Waals surface area contributed by atoms with Gasteiger partial charge in [0.25, 0.3) is 5.91 Å². The third-order valence-corrected chi connectivity index (χ3v) is 4.34. The van der Waals surface area contributed by atoms with Gasteiger partial charge in [-0.3, -0.25) is 4.79 Å². The van der Waals surface area contributed by atoms with Gasteiger partial charge >= 0.3 is 0 Å². The molecular formula is C21H29NO3. The number of fused-ring (bicyclic) bond motifs is 1. The van der Waals surface area contributed by atoms with Gasteiger partial charge < -0.3 is 14.4 Å². The third-order valence-electron chi connectivity index (χ3n) is 4.34. The Morgan fingerprint density at radius 2 is 1.64 bits per heavy atom. The summed E-state index contributed by atoms with van der Waals surface area (Å²) in [5, 5.41) is 2.14. The number of carbonyl (C=O) groups is 1. The van der Waals surface area contributed by atoms with Crippen LogP contribution in [0.3, 0.4) is 0 Å². The summed E-state index contributed by atoms with van der Waals surface area (Å²) in [5.74, 6) is 1.53. The van der Waals surface area contributed by atoms with Crippen molar-refractivity contribution in [1.82, 2.24) is 4.90 Å². The molecule has 2 aromatic carbocycles. The van der Waals surface area contributed by atoms with Crippen molar-refractivity contribution < 1.29 is 14.3 Å². The van der Waals surface area contributed by atoms with E-state index in [2.05, 4.69) is 0 Å². The van der Waals surface area contributed by atoms with Crippen LogP contribution in [0.4, 0.5) is 0 Å². The van der Waals surface area contributed by atoms with Gasteiger partial charge in [0, 0.05) is 12.1 Å². The lowest BCUT2D eigenvalue weighted by Crippen LogP contribution is -2.51. The first-order valence-electron chi connectivity index (χ1n) is 8.86. The van der Waals surface area contributed by atoms with Gasteiger partial charge in [-0.15, -0.1) is 0 Å². The van der Waals surface area contributed by atoms with Crippen LogP contribution in [0.2, 0.25) is 0 Å². The predicted octanol–water partition coefficient (Wildman–Crippen LogP) is 4.65. The van der Waals surface area contributed by atoms with Crippen molar-refractivity contribution in [3.63, 3.8) is 0 Å². The maximum atomic E-state index is 12.9. The van der Waals surface area contributed by atoms with E-state index in [0.29, 0.717) is 18.7 Å². The minimum atomic E-state index is -0.484. The fourth-order valence-corrected chi connectivity index (χ4v) is 3.01. The van der Waals surface area contributed by atoms with Gasteiger partial charge in [0.15, 0.2) is 6.10 Å². The van der Waals surface area contributed by atoms with E-state index in [0.717, 1.165) is 16.5 Å². The number of amides is 1. The molecule has 0 aliphatic heterocycles. The van der Waals surface area contributed by atoms with Crippen LogP contribution in [-0.4, -0.2) is 36.1 Å². The first kappa shape index (κ1) is 19.1. The molecule has 0 saturated carbocycles. The van der Waals surface area contributed by atoms with Crippen molar-refractivity contribution in [1.29, 1.82) is 0 Å². The van der Waals surface area contributed by atoms with E-state index in [1.807, 2.05) is 75.9 Å². The molecule has 0 aliphatic rings. The van der Waals surface area contributed by atoms with Crippen molar-refractivity contribution in [2.75, 3.05) is 13.7 Å². The molecule has 4 nitrogen and oxygen atoms in total. The molecule has 0 aliphatic carbocycles. The van der Waals surface area contributed by atoms with Crippen LogP contribution < -0.4 is 9.47 Å². The number of nitrogens with zero attached hydrogens (tertiary/aromatic N) is 1. The first-order valence-corrected chi connectivity index (χ1v) is 8.86. The van der Waals surface area contributed by atoms with Crippen LogP contribution in [0, 0.1) is 0 Å². The summed E-state index contributed by atoms with van der Waals surface area (Å²) in [6.45, 7) is 10.8. The summed E-state index contributed by atoms with van der Waals surface area (Å²) < 4.78 is 11.3. The molecule has 0 fully saturated rings. The van der Waals surface area contributed by atoms with Crippen LogP contribution in [0.1, 0.15) is 41.0 Å². The second-order valence-electron chi connectivity index (χ2n) is 7.14. The van der Waals surface area contributed by atoms with Crippen LogP contribution in [-0.2, 0) is 4.79 Å².